The van der Waals surface area contributed by atoms with Crippen LogP contribution in [0.15, 0.2) is 47.0 Å². The Kier molecular flexibility index (Phi) is 6.04. The molecule has 3 rings (SSSR count). The van der Waals surface area contributed by atoms with Crippen molar-refractivity contribution in [1.82, 2.24) is 9.78 Å². The van der Waals surface area contributed by atoms with Crippen LogP contribution in [0.5, 0.6) is 5.75 Å². The number of rotatable bonds is 7. The average Bonchev–Trinajstić information content (AvgIpc) is 3.27. The summed E-state index contributed by atoms with van der Waals surface area (Å²) in [4.78, 5) is 12.3. The normalized spacial score (nSPS) is 11.3. The third-order valence-electron chi connectivity index (χ3n) is 3.89. The molecule has 0 radical (unpaired) electrons. The molecular formula is C20H18Cl2N2O3. The zero-order valence-corrected chi connectivity index (χ0v) is 16.4. The van der Waals surface area contributed by atoms with Crippen molar-refractivity contribution in [1.29, 1.82) is 0 Å². The van der Waals surface area contributed by atoms with Crippen molar-refractivity contribution in [2.75, 3.05) is 0 Å². The largest absolute Gasteiger partial charge is 0.486 e. The number of carbonyl (C=O) groups excluding carboxylic acids is 1. The van der Waals surface area contributed by atoms with Crippen LogP contribution >= 0.6 is 23.2 Å². The van der Waals surface area contributed by atoms with Crippen molar-refractivity contribution < 1.29 is 13.9 Å². The predicted molar refractivity (Wildman–Crippen MR) is 106 cm³/mol. The molecular weight excluding hydrogens is 387 g/mol. The molecule has 2 heterocycles. The van der Waals surface area contributed by atoms with E-state index < -0.39 is 0 Å². The summed E-state index contributed by atoms with van der Waals surface area (Å²) in [5, 5.41) is 5.18. The topological polar surface area (TPSA) is 57.3 Å². The van der Waals surface area contributed by atoms with Crippen LogP contribution in [-0.2, 0) is 13.2 Å². The molecule has 0 amide bonds. The molecule has 0 N–H and O–H groups in total. The smallest absolute Gasteiger partial charge is 0.189 e. The number of halogens is 2. The summed E-state index contributed by atoms with van der Waals surface area (Å²) in [5.41, 5.74) is 1.30. The number of hydrogen-bond acceptors (Lipinski definition) is 4. The Morgan fingerprint density at radius 3 is 2.78 bits per heavy atom. The van der Waals surface area contributed by atoms with Crippen molar-refractivity contribution in [3.8, 4) is 5.75 Å². The minimum absolute atomic E-state index is 0.114. The average molecular weight is 405 g/mol. The molecule has 5 nitrogen and oxygen atoms in total. The van der Waals surface area contributed by atoms with Crippen LogP contribution in [0.25, 0.3) is 6.08 Å². The first-order valence-electron chi connectivity index (χ1n) is 8.39. The lowest BCUT2D eigenvalue weighted by Gasteiger charge is -2.05. The number of aryl methyl sites for hydroxylation is 2. The molecule has 0 fully saturated rings. The number of ether oxygens (including phenoxy) is 1. The van der Waals surface area contributed by atoms with Gasteiger partial charge >= 0.3 is 0 Å². The van der Waals surface area contributed by atoms with E-state index in [9.17, 15) is 4.79 Å². The van der Waals surface area contributed by atoms with Gasteiger partial charge in [-0.2, -0.15) is 5.10 Å². The third kappa shape index (κ3) is 4.81. The molecule has 0 atom stereocenters. The molecule has 0 saturated carbocycles. The molecule has 2 aromatic heterocycles. The van der Waals surface area contributed by atoms with Gasteiger partial charge < -0.3 is 9.15 Å². The summed E-state index contributed by atoms with van der Waals surface area (Å²) in [5.74, 6) is 1.67. The Balaban J connectivity index is 1.61. The number of hydrogen-bond donors (Lipinski definition) is 0. The summed E-state index contributed by atoms with van der Waals surface area (Å²) in [6, 6.07) is 8.62. The summed E-state index contributed by atoms with van der Waals surface area (Å²) in [6.07, 6.45) is 4.86. The number of aromatic nitrogens is 2. The number of furan rings is 1. The van der Waals surface area contributed by atoms with E-state index in [2.05, 4.69) is 5.10 Å². The second-order valence-corrected chi connectivity index (χ2v) is 6.66. The Morgan fingerprint density at radius 1 is 1.26 bits per heavy atom. The molecule has 0 spiro atoms. The van der Waals surface area contributed by atoms with Gasteiger partial charge in [-0.1, -0.05) is 23.2 Å². The summed E-state index contributed by atoms with van der Waals surface area (Å²) in [6.45, 7) is 4.75. The maximum Gasteiger partial charge on any atom is 0.189 e. The van der Waals surface area contributed by atoms with Gasteiger partial charge in [0.1, 0.15) is 23.9 Å². The van der Waals surface area contributed by atoms with E-state index in [0.717, 1.165) is 6.54 Å². The van der Waals surface area contributed by atoms with Crippen LogP contribution < -0.4 is 4.74 Å². The van der Waals surface area contributed by atoms with E-state index in [4.69, 9.17) is 32.4 Å². The van der Waals surface area contributed by atoms with Gasteiger partial charge in [-0.15, -0.1) is 0 Å². The van der Waals surface area contributed by atoms with E-state index in [1.165, 1.54) is 6.08 Å². The van der Waals surface area contributed by atoms with Crippen LogP contribution in [0.4, 0.5) is 0 Å². The molecule has 0 aliphatic rings. The first-order chi connectivity index (χ1) is 13.0. The van der Waals surface area contributed by atoms with E-state index in [-0.39, 0.29) is 12.4 Å². The van der Waals surface area contributed by atoms with E-state index in [0.29, 0.717) is 38.6 Å². The molecule has 0 saturated heterocycles. The van der Waals surface area contributed by atoms with Gasteiger partial charge in [0.15, 0.2) is 5.78 Å². The second kappa shape index (κ2) is 8.46. The van der Waals surface area contributed by atoms with Crippen LogP contribution in [0.2, 0.25) is 10.0 Å². The lowest BCUT2D eigenvalue weighted by atomic mass is 10.1. The van der Waals surface area contributed by atoms with Gasteiger partial charge in [0.2, 0.25) is 0 Å². The van der Waals surface area contributed by atoms with Crippen molar-refractivity contribution in [3.63, 3.8) is 0 Å². The number of nitrogens with zero attached hydrogens (tertiary/aromatic N) is 2. The molecule has 140 valence electrons. The molecule has 0 aliphatic carbocycles. The fourth-order valence-corrected chi connectivity index (χ4v) is 2.74. The lowest BCUT2D eigenvalue weighted by molar-refractivity contribution is 0.104. The number of ketones is 1. The summed E-state index contributed by atoms with van der Waals surface area (Å²) >= 11 is 11.8. The molecule has 1 aromatic carbocycles. The van der Waals surface area contributed by atoms with Crippen LogP contribution in [-0.4, -0.2) is 15.6 Å². The second-order valence-electron chi connectivity index (χ2n) is 5.85. The van der Waals surface area contributed by atoms with Gasteiger partial charge in [-0.05, 0) is 50.3 Å². The zero-order valence-electron chi connectivity index (χ0n) is 14.9. The van der Waals surface area contributed by atoms with E-state index in [1.807, 2.05) is 13.8 Å². The van der Waals surface area contributed by atoms with Crippen LogP contribution in [0, 0.1) is 6.92 Å². The van der Waals surface area contributed by atoms with Gasteiger partial charge in [-0.3, -0.25) is 9.48 Å². The van der Waals surface area contributed by atoms with Crippen LogP contribution in [0.3, 0.4) is 0 Å². The van der Waals surface area contributed by atoms with Crippen molar-refractivity contribution in [2.24, 2.45) is 0 Å². The Labute approximate surface area is 167 Å². The van der Waals surface area contributed by atoms with E-state index in [1.54, 1.807) is 47.3 Å². The minimum Gasteiger partial charge on any atom is -0.486 e. The van der Waals surface area contributed by atoms with E-state index >= 15 is 0 Å². The van der Waals surface area contributed by atoms with Crippen molar-refractivity contribution in [3.05, 3.63) is 75.4 Å². The minimum atomic E-state index is -0.114. The van der Waals surface area contributed by atoms with Crippen molar-refractivity contribution >= 4 is 35.1 Å². The summed E-state index contributed by atoms with van der Waals surface area (Å²) in [7, 11) is 0. The molecule has 27 heavy (non-hydrogen) atoms. The molecule has 3 aromatic rings. The predicted octanol–water partition coefficient (Wildman–Crippen LogP) is 5.59. The molecule has 0 aliphatic heterocycles. The molecule has 7 heteroatoms. The van der Waals surface area contributed by atoms with Gasteiger partial charge in [0, 0.05) is 18.8 Å². The van der Waals surface area contributed by atoms with Gasteiger partial charge in [-0.25, -0.2) is 0 Å². The fraction of sp³-hybridized carbons (Fsp3) is 0.200. The third-order valence-corrected chi connectivity index (χ3v) is 4.63. The first-order valence-corrected chi connectivity index (χ1v) is 9.15. The highest BCUT2D eigenvalue weighted by molar-refractivity contribution is 6.42. The number of benzene rings is 1. The Bertz CT molecular complexity index is 989. The van der Waals surface area contributed by atoms with Gasteiger partial charge in [0.05, 0.1) is 21.3 Å². The highest BCUT2D eigenvalue weighted by Gasteiger charge is 2.10. The molecule has 0 bridgehead atoms. The highest BCUT2D eigenvalue weighted by Crippen LogP contribution is 2.27. The van der Waals surface area contributed by atoms with Crippen molar-refractivity contribution in [2.45, 2.75) is 27.0 Å². The Hall–Kier alpha value is -2.50. The molecule has 0 unspecified atom stereocenters. The van der Waals surface area contributed by atoms with Gasteiger partial charge in [0.25, 0.3) is 0 Å². The standard InChI is InChI=1S/C20H18Cl2N2O3/c1-3-24-11-17(13(2)23-24)20(25)9-7-14-4-5-16(27-14)12-26-15-6-8-18(21)19(22)10-15/h4-11H,3,12H2,1-2H3/b9-7+. The number of allylic oxidation sites excluding steroid dienone is 1. The summed E-state index contributed by atoms with van der Waals surface area (Å²) < 4.78 is 13.0. The van der Waals surface area contributed by atoms with Crippen LogP contribution in [0.1, 0.15) is 34.5 Å². The zero-order chi connectivity index (χ0) is 19.4. The monoisotopic (exact) mass is 404 g/mol. The number of carbonyl (C=O) groups is 1. The highest BCUT2D eigenvalue weighted by atomic mass is 35.5. The quantitative estimate of drug-likeness (QED) is 0.380. The first kappa shape index (κ1) is 19.3. The lowest BCUT2D eigenvalue weighted by Crippen LogP contribution is -1.95. The SMILES string of the molecule is CCn1cc(C(=O)/C=C/c2ccc(COc3ccc(Cl)c(Cl)c3)o2)c(C)n1. The maximum absolute atomic E-state index is 12.3. The maximum atomic E-state index is 12.3. The fourth-order valence-electron chi connectivity index (χ4n) is 2.45. The Morgan fingerprint density at radius 2 is 2.07 bits per heavy atom.